The van der Waals surface area contributed by atoms with Gasteiger partial charge in [0.15, 0.2) is 5.79 Å². The molecule has 1 saturated heterocycles. The van der Waals surface area contributed by atoms with Gasteiger partial charge in [-0.3, -0.25) is 0 Å². The SMILES string of the molecule is CO[C@H]1C[C@H](CO)[C@@H]2OC(C)(C)O[C@@H]2[C@@H]1O. The number of rotatable bonds is 2. The van der Waals surface area contributed by atoms with E-state index in [9.17, 15) is 10.2 Å². The van der Waals surface area contributed by atoms with Crippen LogP contribution in [0.2, 0.25) is 0 Å². The Morgan fingerprint density at radius 2 is 1.94 bits per heavy atom. The molecule has 2 aliphatic rings. The molecule has 16 heavy (non-hydrogen) atoms. The Balaban J connectivity index is 2.18. The molecule has 5 atom stereocenters. The Bertz CT molecular complexity index is 255. The number of fused-ring (bicyclic) bond motifs is 1. The topological polar surface area (TPSA) is 68.2 Å². The van der Waals surface area contributed by atoms with Gasteiger partial charge in [-0.2, -0.15) is 0 Å². The van der Waals surface area contributed by atoms with Crippen molar-refractivity contribution in [3.63, 3.8) is 0 Å². The molecule has 5 nitrogen and oxygen atoms in total. The molecule has 2 fully saturated rings. The lowest BCUT2D eigenvalue weighted by molar-refractivity contribution is -0.161. The van der Waals surface area contributed by atoms with E-state index in [4.69, 9.17) is 14.2 Å². The van der Waals surface area contributed by atoms with E-state index in [0.717, 1.165) is 0 Å². The molecule has 0 aromatic heterocycles. The highest BCUT2D eigenvalue weighted by atomic mass is 16.8. The van der Waals surface area contributed by atoms with Gasteiger partial charge in [-0.25, -0.2) is 0 Å². The molecular weight excluding hydrogens is 212 g/mol. The highest BCUT2D eigenvalue weighted by molar-refractivity contribution is 4.99. The minimum absolute atomic E-state index is 0.0210. The van der Waals surface area contributed by atoms with Gasteiger partial charge >= 0.3 is 0 Å². The zero-order chi connectivity index (χ0) is 11.9. The van der Waals surface area contributed by atoms with Crippen molar-refractivity contribution >= 4 is 0 Å². The van der Waals surface area contributed by atoms with E-state index in [-0.39, 0.29) is 24.7 Å². The van der Waals surface area contributed by atoms with Gasteiger partial charge in [0.05, 0.1) is 12.2 Å². The maximum Gasteiger partial charge on any atom is 0.163 e. The molecule has 0 radical (unpaired) electrons. The van der Waals surface area contributed by atoms with Crippen LogP contribution < -0.4 is 0 Å². The van der Waals surface area contributed by atoms with Crippen LogP contribution >= 0.6 is 0 Å². The number of hydrogen-bond donors (Lipinski definition) is 2. The highest BCUT2D eigenvalue weighted by Gasteiger charge is 2.53. The van der Waals surface area contributed by atoms with Crippen molar-refractivity contribution in [2.75, 3.05) is 13.7 Å². The fraction of sp³-hybridized carbons (Fsp3) is 1.00. The van der Waals surface area contributed by atoms with E-state index in [2.05, 4.69) is 0 Å². The fourth-order valence-corrected chi connectivity index (χ4v) is 2.64. The van der Waals surface area contributed by atoms with E-state index in [0.29, 0.717) is 6.42 Å². The van der Waals surface area contributed by atoms with Gasteiger partial charge in [0, 0.05) is 19.6 Å². The molecule has 1 saturated carbocycles. The third-order valence-corrected chi connectivity index (χ3v) is 3.42. The first kappa shape index (κ1) is 12.3. The third-order valence-electron chi connectivity index (χ3n) is 3.42. The predicted octanol–water partition coefficient (Wildman–Crippen LogP) is -0.105. The summed E-state index contributed by atoms with van der Waals surface area (Å²) >= 11 is 0. The molecule has 2 rings (SSSR count). The predicted molar refractivity (Wildman–Crippen MR) is 55.8 cm³/mol. The summed E-state index contributed by atoms with van der Waals surface area (Å²) in [5, 5.41) is 19.4. The van der Waals surface area contributed by atoms with Gasteiger partial charge < -0.3 is 24.4 Å². The van der Waals surface area contributed by atoms with E-state index >= 15 is 0 Å². The Morgan fingerprint density at radius 3 is 2.50 bits per heavy atom. The lowest BCUT2D eigenvalue weighted by Gasteiger charge is -2.38. The molecular formula is C11H20O5. The van der Waals surface area contributed by atoms with Crippen molar-refractivity contribution in [1.82, 2.24) is 0 Å². The summed E-state index contributed by atoms with van der Waals surface area (Å²) in [6.45, 7) is 3.65. The third kappa shape index (κ3) is 1.98. The zero-order valence-electron chi connectivity index (χ0n) is 9.92. The molecule has 1 heterocycles. The van der Waals surface area contributed by atoms with Crippen molar-refractivity contribution in [3.8, 4) is 0 Å². The number of aliphatic hydroxyl groups is 2. The number of methoxy groups -OCH3 is 1. The molecule has 0 aromatic rings. The Kier molecular flexibility index (Phi) is 3.25. The Hall–Kier alpha value is -0.200. The molecule has 5 heteroatoms. The molecule has 0 amide bonds. The molecule has 0 spiro atoms. The van der Waals surface area contributed by atoms with Crippen LogP contribution in [0.3, 0.4) is 0 Å². The second-order valence-electron chi connectivity index (χ2n) is 5.01. The summed E-state index contributed by atoms with van der Waals surface area (Å²) < 4.78 is 16.6. The van der Waals surface area contributed by atoms with Gasteiger partial charge in [0.1, 0.15) is 12.2 Å². The number of aliphatic hydroxyl groups excluding tert-OH is 2. The largest absolute Gasteiger partial charge is 0.396 e. The zero-order valence-corrected chi connectivity index (χ0v) is 9.92. The quantitative estimate of drug-likeness (QED) is 0.695. The van der Waals surface area contributed by atoms with Gasteiger partial charge in [-0.15, -0.1) is 0 Å². The maximum atomic E-state index is 10.1. The smallest absolute Gasteiger partial charge is 0.163 e. The van der Waals surface area contributed by atoms with Crippen LogP contribution in [0.4, 0.5) is 0 Å². The lowest BCUT2D eigenvalue weighted by Crippen LogP contribution is -2.53. The van der Waals surface area contributed by atoms with Crippen molar-refractivity contribution in [2.24, 2.45) is 5.92 Å². The van der Waals surface area contributed by atoms with Gasteiger partial charge in [-0.05, 0) is 20.3 Å². The highest BCUT2D eigenvalue weighted by Crippen LogP contribution is 2.40. The Labute approximate surface area is 95.3 Å². The first-order chi connectivity index (χ1) is 7.48. The first-order valence-electron chi connectivity index (χ1n) is 5.66. The molecule has 0 aromatic carbocycles. The monoisotopic (exact) mass is 232 g/mol. The normalized spacial score (nSPS) is 46.7. The summed E-state index contributed by atoms with van der Waals surface area (Å²) in [4.78, 5) is 0. The minimum atomic E-state index is -0.702. The first-order valence-corrected chi connectivity index (χ1v) is 5.66. The van der Waals surface area contributed by atoms with Crippen LogP contribution in [0.1, 0.15) is 20.3 Å². The number of ether oxygens (including phenoxy) is 3. The maximum absolute atomic E-state index is 10.1. The second kappa shape index (κ2) is 4.23. The van der Waals surface area contributed by atoms with Crippen molar-refractivity contribution in [3.05, 3.63) is 0 Å². The fourth-order valence-electron chi connectivity index (χ4n) is 2.64. The van der Waals surface area contributed by atoms with Crippen LogP contribution in [0, 0.1) is 5.92 Å². The Morgan fingerprint density at radius 1 is 1.31 bits per heavy atom. The van der Waals surface area contributed by atoms with Gasteiger partial charge in [-0.1, -0.05) is 0 Å². The standard InChI is InChI=1S/C11H20O5/c1-11(2)15-9-6(5-12)4-7(14-3)8(13)10(9)16-11/h6-10,12-13H,4-5H2,1-3H3/t6-,7+,8-,9+,10-/m1/s1. The minimum Gasteiger partial charge on any atom is -0.396 e. The molecule has 1 aliphatic heterocycles. The summed E-state index contributed by atoms with van der Waals surface area (Å²) in [6, 6.07) is 0. The van der Waals surface area contributed by atoms with Gasteiger partial charge in [0.2, 0.25) is 0 Å². The molecule has 2 N–H and O–H groups in total. The van der Waals surface area contributed by atoms with Gasteiger partial charge in [0.25, 0.3) is 0 Å². The van der Waals surface area contributed by atoms with E-state index in [1.165, 1.54) is 0 Å². The molecule has 1 aliphatic carbocycles. The second-order valence-corrected chi connectivity index (χ2v) is 5.01. The average molecular weight is 232 g/mol. The van der Waals surface area contributed by atoms with Crippen LogP contribution in [-0.2, 0) is 14.2 Å². The van der Waals surface area contributed by atoms with Crippen LogP contribution in [0.25, 0.3) is 0 Å². The number of hydrogen-bond acceptors (Lipinski definition) is 5. The van der Waals surface area contributed by atoms with Crippen LogP contribution in [-0.4, -0.2) is 54.1 Å². The molecule has 0 bridgehead atoms. The van der Waals surface area contributed by atoms with Crippen molar-refractivity contribution < 1.29 is 24.4 Å². The molecule has 94 valence electrons. The van der Waals surface area contributed by atoms with Crippen molar-refractivity contribution in [2.45, 2.75) is 50.5 Å². The summed E-state index contributed by atoms with van der Waals surface area (Å²) in [5.41, 5.74) is 0. The van der Waals surface area contributed by atoms with E-state index in [1.54, 1.807) is 7.11 Å². The summed E-state index contributed by atoms with van der Waals surface area (Å²) in [5.74, 6) is -0.744. The lowest BCUT2D eigenvalue weighted by atomic mass is 9.81. The van der Waals surface area contributed by atoms with Crippen LogP contribution in [0.15, 0.2) is 0 Å². The average Bonchev–Trinajstić information content (AvgIpc) is 2.55. The van der Waals surface area contributed by atoms with E-state index in [1.807, 2.05) is 13.8 Å². The summed E-state index contributed by atoms with van der Waals surface area (Å²) in [6.07, 6.45) is -1.06. The van der Waals surface area contributed by atoms with Crippen molar-refractivity contribution in [1.29, 1.82) is 0 Å². The summed E-state index contributed by atoms with van der Waals surface area (Å²) in [7, 11) is 1.56. The van der Waals surface area contributed by atoms with Crippen LogP contribution in [0.5, 0.6) is 0 Å². The van der Waals surface area contributed by atoms with E-state index < -0.39 is 18.0 Å². The molecule has 0 unspecified atom stereocenters.